The molecule has 1 aromatic rings. The Bertz CT molecular complexity index is 493. The number of likely N-dealkylation sites (tertiary alicyclic amines) is 1. The highest BCUT2D eigenvalue weighted by Gasteiger charge is 2.29. The number of hydrogen-bond acceptors (Lipinski definition) is 2. The fraction of sp³-hybridized carbons (Fsp3) is 0.562. The van der Waals surface area contributed by atoms with E-state index >= 15 is 0 Å². The summed E-state index contributed by atoms with van der Waals surface area (Å²) in [6, 6.07) is 4.92. The molecule has 1 aliphatic heterocycles. The number of rotatable bonds is 5. The summed E-state index contributed by atoms with van der Waals surface area (Å²) in [6.07, 6.45) is -1.53. The highest BCUT2D eigenvalue weighted by molar-refractivity contribution is 5.81. The monoisotopic (exact) mass is 314 g/mol. The minimum absolute atomic E-state index is 0.0196. The van der Waals surface area contributed by atoms with Crippen molar-refractivity contribution < 1.29 is 18.0 Å². The molecule has 1 N–H and O–H groups in total. The van der Waals surface area contributed by atoms with E-state index in [4.69, 9.17) is 0 Å². The number of carbonyl (C=O) groups is 1. The van der Waals surface area contributed by atoms with Crippen molar-refractivity contribution in [2.75, 3.05) is 19.6 Å². The molecule has 22 heavy (non-hydrogen) atoms. The van der Waals surface area contributed by atoms with Gasteiger partial charge in [0.05, 0.1) is 11.6 Å². The van der Waals surface area contributed by atoms with Crippen molar-refractivity contribution in [3.63, 3.8) is 0 Å². The average molecular weight is 314 g/mol. The fourth-order valence-electron chi connectivity index (χ4n) is 2.63. The van der Waals surface area contributed by atoms with Crippen LogP contribution in [0.3, 0.4) is 0 Å². The van der Waals surface area contributed by atoms with Crippen LogP contribution < -0.4 is 5.32 Å². The Hall–Kier alpha value is -1.56. The Morgan fingerprint density at radius 1 is 1.23 bits per heavy atom. The van der Waals surface area contributed by atoms with E-state index in [-0.39, 0.29) is 11.9 Å². The SMILES string of the molecule is CC(C(=O)NCCc1ccc(C(F)(F)F)cc1)N1CCCC1. The van der Waals surface area contributed by atoms with Gasteiger partial charge in [0, 0.05) is 6.54 Å². The Kier molecular flexibility index (Phi) is 5.45. The average Bonchev–Trinajstić information content (AvgIpc) is 3.00. The zero-order chi connectivity index (χ0) is 16.2. The summed E-state index contributed by atoms with van der Waals surface area (Å²) in [5, 5.41) is 2.85. The number of benzene rings is 1. The number of carbonyl (C=O) groups excluding carboxylic acids is 1. The van der Waals surface area contributed by atoms with Gasteiger partial charge < -0.3 is 5.32 Å². The van der Waals surface area contributed by atoms with Crippen molar-refractivity contribution in [3.05, 3.63) is 35.4 Å². The van der Waals surface area contributed by atoms with Gasteiger partial charge in [-0.2, -0.15) is 13.2 Å². The maximum atomic E-state index is 12.5. The molecule has 6 heteroatoms. The number of alkyl halides is 3. The predicted molar refractivity (Wildman–Crippen MR) is 78.4 cm³/mol. The van der Waals surface area contributed by atoms with Gasteiger partial charge in [0.15, 0.2) is 0 Å². The van der Waals surface area contributed by atoms with Crippen LogP contribution in [0.5, 0.6) is 0 Å². The minimum atomic E-state index is -4.31. The molecular formula is C16H21F3N2O. The maximum absolute atomic E-state index is 12.5. The zero-order valence-electron chi connectivity index (χ0n) is 12.6. The van der Waals surface area contributed by atoms with E-state index in [2.05, 4.69) is 10.2 Å². The van der Waals surface area contributed by atoms with Crippen LogP contribution in [0.4, 0.5) is 13.2 Å². The van der Waals surface area contributed by atoms with E-state index in [0.29, 0.717) is 13.0 Å². The van der Waals surface area contributed by atoms with Gasteiger partial charge in [-0.05, 0) is 57.0 Å². The summed E-state index contributed by atoms with van der Waals surface area (Å²) < 4.78 is 37.4. The third kappa shape index (κ3) is 4.47. The summed E-state index contributed by atoms with van der Waals surface area (Å²) in [4.78, 5) is 14.2. The number of halogens is 3. The molecule has 1 fully saturated rings. The smallest absolute Gasteiger partial charge is 0.354 e. The van der Waals surface area contributed by atoms with E-state index in [1.807, 2.05) is 6.92 Å². The van der Waals surface area contributed by atoms with Gasteiger partial charge >= 0.3 is 6.18 Å². The Balaban J connectivity index is 1.77. The second-order valence-electron chi connectivity index (χ2n) is 5.65. The number of hydrogen-bond donors (Lipinski definition) is 1. The quantitative estimate of drug-likeness (QED) is 0.906. The molecule has 2 rings (SSSR count). The summed E-state index contributed by atoms with van der Waals surface area (Å²) in [5.74, 6) is -0.0196. The molecule has 0 bridgehead atoms. The lowest BCUT2D eigenvalue weighted by Gasteiger charge is -2.22. The lowest BCUT2D eigenvalue weighted by Crippen LogP contribution is -2.44. The molecule has 1 amide bonds. The highest BCUT2D eigenvalue weighted by atomic mass is 19.4. The first-order valence-corrected chi connectivity index (χ1v) is 7.56. The summed E-state index contributed by atoms with van der Waals surface area (Å²) in [7, 11) is 0. The van der Waals surface area contributed by atoms with Crippen molar-refractivity contribution in [3.8, 4) is 0 Å². The van der Waals surface area contributed by atoms with Crippen LogP contribution in [0.2, 0.25) is 0 Å². The Labute approximate surface area is 128 Å². The fourth-order valence-corrected chi connectivity index (χ4v) is 2.63. The number of amides is 1. The molecule has 1 atom stereocenters. The van der Waals surface area contributed by atoms with Crippen LogP contribution in [0, 0.1) is 0 Å². The topological polar surface area (TPSA) is 32.3 Å². The van der Waals surface area contributed by atoms with Gasteiger partial charge in [-0.15, -0.1) is 0 Å². The molecule has 0 spiro atoms. The second kappa shape index (κ2) is 7.13. The Morgan fingerprint density at radius 2 is 1.82 bits per heavy atom. The van der Waals surface area contributed by atoms with E-state index in [1.165, 1.54) is 12.1 Å². The molecular weight excluding hydrogens is 293 g/mol. The third-order valence-corrected chi connectivity index (χ3v) is 4.06. The summed E-state index contributed by atoms with van der Waals surface area (Å²) in [5.41, 5.74) is 0.130. The molecule has 0 aromatic heterocycles. The molecule has 1 aromatic carbocycles. The van der Waals surface area contributed by atoms with Gasteiger partial charge in [0.1, 0.15) is 0 Å². The second-order valence-corrected chi connectivity index (χ2v) is 5.65. The largest absolute Gasteiger partial charge is 0.416 e. The van der Waals surface area contributed by atoms with Crippen molar-refractivity contribution in [2.45, 2.75) is 38.4 Å². The van der Waals surface area contributed by atoms with E-state index in [1.54, 1.807) is 0 Å². The lowest BCUT2D eigenvalue weighted by atomic mass is 10.1. The first-order chi connectivity index (χ1) is 10.4. The van der Waals surface area contributed by atoms with Crippen molar-refractivity contribution >= 4 is 5.91 Å². The van der Waals surface area contributed by atoms with Crippen LogP contribution in [-0.2, 0) is 17.4 Å². The van der Waals surface area contributed by atoms with Crippen LogP contribution in [0.1, 0.15) is 30.9 Å². The molecule has 3 nitrogen and oxygen atoms in total. The molecule has 1 saturated heterocycles. The van der Waals surface area contributed by atoms with Gasteiger partial charge in [-0.1, -0.05) is 12.1 Å². The van der Waals surface area contributed by atoms with Crippen molar-refractivity contribution in [1.82, 2.24) is 10.2 Å². The van der Waals surface area contributed by atoms with E-state index in [0.717, 1.165) is 43.6 Å². The number of nitrogens with one attached hydrogen (secondary N) is 1. The lowest BCUT2D eigenvalue weighted by molar-refractivity contribution is -0.137. The van der Waals surface area contributed by atoms with E-state index in [9.17, 15) is 18.0 Å². The molecule has 1 heterocycles. The number of nitrogens with zero attached hydrogens (tertiary/aromatic N) is 1. The molecule has 0 aliphatic carbocycles. The van der Waals surface area contributed by atoms with Gasteiger partial charge in [-0.3, -0.25) is 9.69 Å². The van der Waals surface area contributed by atoms with Crippen molar-refractivity contribution in [1.29, 1.82) is 0 Å². The normalized spacial score (nSPS) is 17.5. The molecule has 1 unspecified atom stereocenters. The zero-order valence-corrected chi connectivity index (χ0v) is 12.6. The Morgan fingerprint density at radius 3 is 2.36 bits per heavy atom. The first-order valence-electron chi connectivity index (χ1n) is 7.56. The summed E-state index contributed by atoms with van der Waals surface area (Å²) in [6.45, 7) is 4.22. The predicted octanol–water partition coefficient (Wildman–Crippen LogP) is 2.85. The van der Waals surface area contributed by atoms with Gasteiger partial charge in [0.25, 0.3) is 0 Å². The van der Waals surface area contributed by atoms with E-state index < -0.39 is 11.7 Å². The highest BCUT2D eigenvalue weighted by Crippen LogP contribution is 2.29. The molecule has 1 aliphatic rings. The maximum Gasteiger partial charge on any atom is 0.416 e. The third-order valence-electron chi connectivity index (χ3n) is 4.06. The molecule has 122 valence electrons. The minimum Gasteiger partial charge on any atom is -0.354 e. The standard InChI is InChI=1S/C16H21F3N2O/c1-12(21-10-2-3-11-21)15(22)20-9-8-13-4-6-14(7-5-13)16(17,18)19/h4-7,12H,2-3,8-11H2,1H3,(H,20,22). The van der Waals surface area contributed by atoms with Gasteiger partial charge in [-0.25, -0.2) is 0 Å². The van der Waals surface area contributed by atoms with Crippen LogP contribution >= 0.6 is 0 Å². The van der Waals surface area contributed by atoms with Crippen LogP contribution in [0.15, 0.2) is 24.3 Å². The van der Waals surface area contributed by atoms with Crippen molar-refractivity contribution in [2.24, 2.45) is 0 Å². The van der Waals surface area contributed by atoms with Crippen LogP contribution in [-0.4, -0.2) is 36.5 Å². The first kappa shape index (κ1) is 16.8. The molecule has 0 saturated carbocycles. The summed E-state index contributed by atoms with van der Waals surface area (Å²) >= 11 is 0. The van der Waals surface area contributed by atoms with Crippen LogP contribution in [0.25, 0.3) is 0 Å². The van der Waals surface area contributed by atoms with Gasteiger partial charge in [0.2, 0.25) is 5.91 Å². The molecule has 0 radical (unpaired) electrons.